The summed E-state index contributed by atoms with van der Waals surface area (Å²) in [7, 11) is 0. The van der Waals surface area contributed by atoms with Crippen LogP contribution in [0.5, 0.6) is 0 Å². The normalized spacial score (nSPS) is 21.4. The fourth-order valence-corrected chi connectivity index (χ4v) is 3.36. The number of carboxylic acid groups (broad SMARTS) is 1. The number of aliphatic carboxylic acids is 1. The third-order valence-corrected chi connectivity index (χ3v) is 4.21. The minimum Gasteiger partial charge on any atom is -0.481 e. The molecule has 0 amide bonds. The number of Topliss-reactive ketones (excluding diaryl/α,β-unsaturated/α-hetero) is 1. The highest BCUT2D eigenvalue weighted by molar-refractivity contribution is 7.99. The van der Waals surface area contributed by atoms with Crippen molar-refractivity contribution in [1.82, 2.24) is 4.90 Å². The van der Waals surface area contributed by atoms with Crippen LogP contribution in [0.2, 0.25) is 0 Å². The number of carboxylic acids is 1. The number of thioether (sulfide) groups is 1. The highest BCUT2D eigenvalue weighted by Gasteiger charge is 2.20. The Morgan fingerprint density at radius 1 is 1.41 bits per heavy atom. The van der Waals surface area contributed by atoms with Crippen molar-refractivity contribution in [3.05, 3.63) is 0 Å². The summed E-state index contributed by atoms with van der Waals surface area (Å²) >= 11 is 1.85. The lowest BCUT2D eigenvalue weighted by atomic mass is 10.1. The van der Waals surface area contributed by atoms with E-state index in [4.69, 9.17) is 5.11 Å². The number of nitrogens with zero attached hydrogens (tertiary/aromatic N) is 1. The molecular weight excluding hydrogens is 238 g/mol. The zero-order valence-corrected chi connectivity index (χ0v) is 11.2. The highest BCUT2D eigenvalue weighted by Crippen LogP contribution is 2.23. The smallest absolute Gasteiger partial charge is 0.304 e. The summed E-state index contributed by atoms with van der Waals surface area (Å²) in [6.07, 6.45) is 3.20. The molecule has 98 valence electrons. The molecule has 1 rings (SSSR count). The molecule has 0 aromatic rings. The topological polar surface area (TPSA) is 57.6 Å². The maximum atomic E-state index is 10.8. The summed E-state index contributed by atoms with van der Waals surface area (Å²) in [6, 6.07) is 0. The Bertz CT molecular complexity index is 270. The van der Waals surface area contributed by atoms with Crippen molar-refractivity contribution < 1.29 is 14.7 Å². The number of ketones is 1. The number of carbonyl (C=O) groups is 2. The minimum atomic E-state index is -0.726. The molecule has 1 heterocycles. The van der Waals surface area contributed by atoms with Crippen molar-refractivity contribution >= 4 is 23.5 Å². The van der Waals surface area contributed by atoms with Crippen LogP contribution >= 0.6 is 11.8 Å². The van der Waals surface area contributed by atoms with E-state index in [1.54, 1.807) is 6.92 Å². The van der Waals surface area contributed by atoms with E-state index in [9.17, 15) is 9.59 Å². The quantitative estimate of drug-likeness (QED) is 0.753. The average Bonchev–Trinajstić information content (AvgIpc) is 2.26. The second-order valence-electron chi connectivity index (χ2n) is 4.53. The summed E-state index contributed by atoms with van der Waals surface area (Å²) in [5.41, 5.74) is 0. The van der Waals surface area contributed by atoms with Gasteiger partial charge in [0.05, 0.1) is 6.42 Å². The first-order valence-corrected chi connectivity index (χ1v) is 7.18. The first-order valence-electron chi connectivity index (χ1n) is 6.13. The second-order valence-corrected chi connectivity index (χ2v) is 5.94. The van der Waals surface area contributed by atoms with Crippen LogP contribution in [0.3, 0.4) is 0 Å². The minimum absolute atomic E-state index is 0.227. The molecule has 1 N–H and O–H groups in total. The van der Waals surface area contributed by atoms with Gasteiger partial charge in [0.25, 0.3) is 0 Å². The molecule has 0 spiro atoms. The molecule has 1 aliphatic heterocycles. The molecule has 4 nitrogen and oxygen atoms in total. The van der Waals surface area contributed by atoms with Gasteiger partial charge in [-0.2, -0.15) is 11.8 Å². The Morgan fingerprint density at radius 3 is 2.82 bits per heavy atom. The molecule has 1 fully saturated rings. The van der Waals surface area contributed by atoms with Crippen molar-refractivity contribution in [2.45, 2.75) is 37.9 Å². The van der Waals surface area contributed by atoms with Gasteiger partial charge in [-0.15, -0.1) is 0 Å². The van der Waals surface area contributed by atoms with Crippen LogP contribution in [-0.2, 0) is 9.59 Å². The number of likely N-dealkylation sites (tertiary alicyclic amines) is 1. The zero-order valence-electron chi connectivity index (χ0n) is 10.4. The summed E-state index contributed by atoms with van der Waals surface area (Å²) in [5, 5.41) is 9.21. The Hall–Kier alpha value is -0.550. The van der Waals surface area contributed by atoms with Crippen LogP contribution in [0, 0.1) is 0 Å². The van der Waals surface area contributed by atoms with Crippen LogP contribution in [0.25, 0.3) is 0 Å². The predicted octanol–water partition coefficient (Wildman–Crippen LogP) is 1.64. The van der Waals surface area contributed by atoms with Gasteiger partial charge in [-0.05, 0) is 26.3 Å². The zero-order chi connectivity index (χ0) is 12.7. The van der Waals surface area contributed by atoms with E-state index in [2.05, 4.69) is 4.90 Å². The van der Waals surface area contributed by atoms with Crippen molar-refractivity contribution in [3.8, 4) is 0 Å². The molecule has 0 bridgehead atoms. The monoisotopic (exact) mass is 259 g/mol. The van der Waals surface area contributed by atoms with Crippen molar-refractivity contribution in [3.63, 3.8) is 0 Å². The summed E-state index contributed by atoms with van der Waals surface area (Å²) in [5.74, 6) is 0.416. The van der Waals surface area contributed by atoms with Crippen LogP contribution in [0.15, 0.2) is 0 Å². The third kappa shape index (κ3) is 6.68. The summed E-state index contributed by atoms with van der Waals surface area (Å²) < 4.78 is 0. The van der Waals surface area contributed by atoms with E-state index in [1.807, 2.05) is 11.8 Å². The molecular formula is C12H21NO3S. The SMILES string of the molecule is CC(=O)CCSC1CCCN(CCC(=O)O)C1. The van der Waals surface area contributed by atoms with E-state index in [-0.39, 0.29) is 12.2 Å². The average molecular weight is 259 g/mol. The molecule has 0 aromatic carbocycles. The second kappa shape index (κ2) is 7.71. The lowest BCUT2D eigenvalue weighted by Crippen LogP contribution is -2.38. The Morgan fingerprint density at radius 2 is 2.18 bits per heavy atom. The first-order chi connectivity index (χ1) is 8.08. The Labute approximate surface area is 107 Å². The Kier molecular flexibility index (Phi) is 6.58. The number of rotatable bonds is 7. The van der Waals surface area contributed by atoms with Gasteiger partial charge in [-0.3, -0.25) is 9.59 Å². The molecule has 0 saturated carbocycles. The van der Waals surface area contributed by atoms with Gasteiger partial charge in [0.2, 0.25) is 0 Å². The highest BCUT2D eigenvalue weighted by atomic mass is 32.2. The van der Waals surface area contributed by atoms with E-state index in [1.165, 1.54) is 6.42 Å². The third-order valence-electron chi connectivity index (χ3n) is 2.91. The van der Waals surface area contributed by atoms with Gasteiger partial charge in [0.15, 0.2) is 0 Å². The molecule has 17 heavy (non-hydrogen) atoms. The van der Waals surface area contributed by atoms with Crippen molar-refractivity contribution in [2.24, 2.45) is 0 Å². The van der Waals surface area contributed by atoms with Gasteiger partial charge < -0.3 is 10.0 Å². The molecule has 1 aliphatic rings. The predicted molar refractivity (Wildman–Crippen MR) is 69.5 cm³/mol. The molecule has 1 unspecified atom stereocenters. The van der Waals surface area contributed by atoms with Gasteiger partial charge in [0.1, 0.15) is 5.78 Å². The van der Waals surface area contributed by atoms with Gasteiger partial charge in [0, 0.05) is 30.5 Å². The van der Waals surface area contributed by atoms with Crippen LogP contribution in [0.1, 0.15) is 32.6 Å². The fourth-order valence-electron chi connectivity index (χ4n) is 1.98. The van der Waals surface area contributed by atoms with Crippen LogP contribution < -0.4 is 0 Å². The molecule has 1 atom stereocenters. The lowest BCUT2D eigenvalue weighted by Gasteiger charge is -2.31. The van der Waals surface area contributed by atoms with Crippen LogP contribution in [-0.4, -0.2) is 52.4 Å². The number of piperidine rings is 1. The number of hydrogen-bond acceptors (Lipinski definition) is 4. The van der Waals surface area contributed by atoms with E-state index in [0.717, 1.165) is 25.3 Å². The van der Waals surface area contributed by atoms with E-state index in [0.29, 0.717) is 18.2 Å². The van der Waals surface area contributed by atoms with E-state index >= 15 is 0 Å². The first kappa shape index (κ1) is 14.5. The molecule has 0 aromatic heterocycles. The van der Waals surface area contributed by atoms with Crippen LogP contribution in [0.4, 0.5) is 0 Å². The number of carbonyl (C=O) groups excluding carboxylic acids is 1. The maximum absolute atomic E-state index is 10.8. The van der Waals surface area contributed by atoms with Crippen molar-refractivity contribution in [1.29, 1.82) is 0 Å². The standard InChI is InChI=1S/C12H21NO3S/c1-10(14)5-8-17-11-3-2-6-13(9-11)7-4-12(15)16/h11H,2-9H2,1H3,(H,15,16). The van der Waals surface area contributed by atoms with Gasteiger partial charge in [-0.1, -0.05) is 0 Å². The summed E-state index contributed by atoms with van der Waals surface area (Å²) in [6.45, 7) is 4.26. The molecule has 0 radical (unpaired) electrons. The van der Waals surface area contributed by atoms with Gasteiger partial charge in [-0.25, -0.2) is 0 Å². The lowest BCUT2D eigenvalue weighted by molar-refractivity contribution is -0.137. The molecule has 0 aliphatic carbocycles. The Balaban J connectivity index is 2.19. The fraction of sp³-hybridized carbons (Fsp3) is 0.833. The van der Waals surface area contributed by atoms with Gasteiger partial charge >= 0.3 is 5.97 Å². The largest absolute Gasteiger partial charge is 0.481 e. The maximum Gasteiger partial charge on any atom is 0.304 e. The van der Waals surface area contributed by atoms with Crippen molar-refractivity contribution in [2.75, 3.05) is 25.4 Å². The molecule has 1 saturated heterocycles. The molecule has 5 heteroatoms. The number of hydrogen-bond donors (Lipinski definition) is 1. The van der Waals surface area contributed by atoms with E-state index < -0.39 is 5.97 Å². The summed E-state index contributed by atoms with van der Waals surface area (Å²) in [4.78, 5) is 23.6.